The van der Waals surface area contributed by atoms with E-state index in [1.165, 1.54) is 10.5 Å². The number of thioether (sulfide) groups is 1. The van der Waals surface area contributed by atoms with Crippen LogP contribution < -0.4 is 4.74 Å². The number of rotatable bonds is 13. The maximum absolute atomic E-state index is 14.4. The number of ether oxygens (including phenoxy) is 1. The van der Waals surface area contributed by atoms with Gasteiger partial charge in [0.2, 0.25) is 5.91 Å². The van der Waals surface area contributed by atoms with Gasteiger partial charge in [-0.05, 0) is 57.5 Å². The Kier molecular flexibility index (Phi) is 10.4. The van der Waals surface area contributed by atoms with E-state index in [-0.39, 0.29) is 17.8 Å². The van der Waals surface area contributed by atoms with E-state index in [4.69, 9.17) is 9.57 Å². The Labute approximate surface area is 302 Å². The van der Waals surface area contributed by atoms with E-state index >= 15 is 0 Å². The average molecular weight is 689 g/mol. The van der Waals surface area contributed by atoms with Gasteiger partial charge in [0.05, 0.1) is 11.5 Å². The molecular formula is C44H36N2O4S. The van der Waals surface area contributed by atoms with E-state index in [0.29, 0.717) is 18.8 Å². The molecule has 1 heterocycles. The molecule has 1 unspecified atom stereocenters. The SMILES string of the molecule is O=C1SC(Cc2ccc(OCCO/N=C/c3ccc(-c4ccccc4)cc3)cc2)C(=O)N1C(c1ccccc1)(c1ccccc1)c1ccccc1. The molecular weight excluding hydrogens is 653 g/mol. The molecule has 1 atom stereocenters. The zero-order chi connectivity index (χ0) is 34.9. The van der Waals surface area contributed by atoms with E-state index in [1.54, 1.807) is 6.21 Å². The van der Waals surface area contributed by atoms with E-state index in [9.17, 15) is 9.59 Å². The van der Waals surface area contributed by atoms with Crippen LogP contribution in [0.25, 0.3) is 11.1 Å². The maximum atomic E-state index is 14.4. The smallest absolute Gasteiger partial charge is 0.290 e. The number of benzene rings is 6. The van der Waals surface area contributed by atoms with Crippen LogP contribution in [0.3, 0.4) is 0 Å². The lowest BCUT2D eigenvalue weighted by Crippen LogP contribution is -2.51. The normalized spacial score (nSPS) is 14.6. The quantitative estimate of drug-likeness (QED) is 0.0524. The Balaban J connectivity index is 0.984. The molecule has 0 bridgehead atoms. The highest BCUT2D eigenvalue weighted by atomic mass is 32.2. The van der Waals surface area contributed by atoms with Gasteiger partial charge in [0, 0.05) is 0 Å². The van der Waals surface area contributed by atoms with Crippen molar-refractivity contribution in [3.8, 4) is 16.9 Å². The van der Waals surface area contributed by atoms with Crippen LogP contribution in [0.15, 0.2) is 175 Å². The molecule has 1 saturated heterocycles. The highest BCUT2D eigenvalue weighted by Crippen LogP contribution is 2.47. The highest BCUT2D eigenvalue weighted by molar-refractivity contribution is 8.15. The lowest BCUT2D eigenvalue weighted by Gasteiger charge is -2.42. The topological polar surface area (TPSA) is 68.2 Å². The first-order chi connectivity index (χ1) is 25.1. The first kappa shape index (κ1) is 33.6. The lowest BCUT2D eigenvalue weighted by molar-refractivity contribution is -0.129. The van der Waals surface area contributed by atoms with Crippen molar-refractivity contribution in [2.45, 2.75) is 17.2 Å². The van der Waals surface area contributed by atoms with E-state index in [2.05, 4.69) is 29.4 Å². The molecule has 0 N–H and O–H groups in total. The van der Waals surface area contributed by atoms with E-state index in [1.807, 2.05) is 146 Å². The Morgan fingerprint density at radius 3 is 1.67 bits per heavy atom. The van der Waals surface area contributed by atoms with Crippen LogP contribution in [0.1, 0.15) is 27.8 Å². The Morgan fingerprint density at radius 2 is 1.12 bits per heavy atom. The molecule has 0 spiro atoms. The van der Waals surface area contributed by atoms with Gasteiger partial charge in [-0.25, -0.2) is 0 Å². The summed E-state index contributed by atoms with van der Waals surface area (Å²) >= 11 is 1.09. The summed E-state index contributed by atoms with van der Waals surface area (Å²) in [6.45, 7) is 0.613. The molecule has 1 aliphatic heterocycles. The third-order valence-corrected chi connectivity index (χ3v) is 9.95. The fourth-order valence-corrected chi connectivity index (χ4v) is 7.55. The second-order valence-corrected chi connectivity index (χ2v) is 13.3. The van der Waals surface area contributed by atoms with Crippen molar-refractivity contribution in [3.05, 3.63) is 198 Å². The minimum Gasteiger partial charge on any atom is -0.490 e. The third kappa shape index (κ3) is 7.35. The summed E-state index contributed by atoms with van der Waals surface area (Å²) in [7, 11) is 0. The Morgan fingerprint density at radius 1 is 0.608 bits per heavy atom. The average Bonchev–Trinajstić information content (AvgIpc) is 3.47. The second-order valence-electron chi connectivity index (χ2n) is 12.1. The molecule has 6 aromatic rings. The fraction of sp³-hybridized carbons (Fsp3) is 0.114. The first-order valence-corrected chi connectivity index (χ1v) is 17.7. The van der Waals surface area contributed by atoms with Crippen molar-refractivity contribution in [3.63, 3.8) is 0 Å². The summed E-state index contributed by atoms with van der Waals surface area (Å²) in [6, 6.07) is 55.4. The largest absolute Gasteiger partial charge is 0.490 e. The number of hydrogen-bond acceptors (Lipinski definition) is 6. The van der Waals surface area contributed by atoms with Gasteiger partial charge in [0.25, 0.3) is 5.24 Å². The molecule has 0 saturated carbocycles. The summed E-state index contributed by atoms with van der Waals surface area (Å²) < 4.78 is 5.86. The Bertz CT molecular complexity index is 1980. The summed E-state index contributed by atoms with van der Waals surface area (Å²) in [4.78, 5) is 35.2. The highest BCUT2D eigenvalue weighted by Gasteiger charge is 2.53. The summed E-state index contributed by atoms with van der Waals surface area (Å²) in [5.74, 6) is 0.467. The molecule has 0 aliphatic carbocycles. The zero-order valence-electron chi connectivity index (χ0n) is 27.9. The minimum atomic E-state index is -1.13. The van der Waals surface area contributed by atoms with Crippen molar-refractivity contribution in [1.82, 2.24) is 4.90 Å². The molecule has 7 rings (SSSR count). The third-order valence-electron chi connectivity index (χ3n) is 8.91. The molecule has 51 heavy (non-hydrogen) atoms. The van der Waals surface area contributed by atoms with Crippen LogP contribution in [0.4, 0.5) is 4.79 Å². The number of imide groups is 1. The van der Waals surface area contributed by atoms with Crippen molar-refractivity contribution in [1.29, 1.82) is 0 Å². The monoisotopic (exact) mass is 688 g/mol. The van der Waals surface area contributed by atoms with Crippen LogP contribution in [0.2, 0.25) is 0 Å². The van der Waals surface area contributed by atoms with Crippen LogP contribution >= 0.6 is 11.8 Å². The summed E-state index contributed by atoms with van der Waals surface area (Å²) in [5.41, 5.74) is 5.61. The zero-order valence-corrected chi connectivity index (χ0v) is 28.7. The van der Waals surface area contributed by atoms with Crippen molar-refractivity contribution < 1.29 is 19.2 Å². The van der Waals surface area contributed by atoms with Crippen LogP contribution in [0, 0.1) is 0 Å². The molecule has 7 heteroatoms. The number of nitrogens with zero attached hydrogens (tertiary/aromatic N) is 2. The number of hydrogen-bond donors (Lipinski definition) is 0. The van der Waals surface area contributed by atoms with Gasteiger partial charge in [0.1, 0.15) is 17.9 Å². The number of oxime groups is 1. The molecule has 6 aromatic carbocycles. The predicted octanol–water partition coefficient (Wildman–Crippen LogP) is 9.38. The fourth-order valence-electron chi connectivity index (χ4n) is 6.49. The van der Waals surface area contributed by atoms with Crippen LogP contribution in [-0.4, -0.2) is 40.7 Å². The molecule has 1 aliphatic rings. The van der Waals surface area contributed by atoms with Gasteiger partial charge in [-0.2, -0.15) is 0 Å². The molecule has 0 radical (unpaired) electrons. The van der Waals surface area contributed by atoms with E-state index in [0.717, 1.165) is 45.1 Å². The number of amides is 2. The summed E-state index contributed by atoms with van der Waals surface area (Å²) in [6.07, 6.45) is 2.09. The van der Waals surface area contributed by atoms with Crippen LogP contribution in [-0.2, 0) is 21.6 Å². The Hall–Kier alpha value is -5.92. The van der Waals surface area contributed by atoms with Crippen molar-refractivity contribution >= 4 is 29.1 Å². The van der Waals surface area contributed by atoms with Gasteiger partial charge in [-0.15, -0.1) is 0 Å². The second kappa shape index (κ2) is 15.7. The van der Waals surface area contributed by atoms with Crippen LogP contribution in [0.5, 0.6) is 5.75 Å². The van der Waals surface area contributed by atoms with Crippen molar-refractivity contribution in [2.24, 2.45) is 5.16 Å². The molecule has 1 fully saturated rings. The van der Waals surface area contributed by atoms with Gasteiger partial charge >= 0.3 is 0 Å². The van der Waals surface area contributed by atoms with Crippen molar-refractivity contribution in [2.75, 3.05) is 13.2 Å². The first-order valence-electron chi connectivity index (χ1n) is 16.9. The standard InChI is InChI=1S/C44H36N2O4S/c47-42-41(51-43(48)46(42)44(37-15-7-2-8-16-37,38-17-9-3-10-18-38)39-19-11-4-12-20-39)31-33-23-27-40(28-24-33)49-29-30-50-45-32-34-21-25-36(26-22-34)35-13-5-1-6-14-35/h1-28,32,41H,29-31H2/b45-32+. The lowest BCUT2D eigenvalue weighted by atomic mass is 9.75. The molecule has 0 aromatic heterocycles. The number of carbonyl (C=O) groups is 2. The number of carbonyl (C=O) groups excluding carboxylic acids is 2. The van der Waals surface area contributed by atoms with Gasteiger partial charge < -0.3 is 9.57 Å². The maximum Gasteiger partial charge on any atom is 0.290 e. The molecule has 6 nitrogen and oxygen atoms in total. The van der Waals surface area contributed by atoms with E-state index < -0.39 is 10.8 Å². The van der Waals surface area contributed by atoms with Gasteiger partial charge in [-0.3, -0.25) is 14.5 Å². The van der Waals surface area contributed by atoms with Gasteiger partial charge in [0.15, 0.2) is 6.61 Å². The predicted molar refractivity (Wildman–Crippen MR) is 204 cm³/mol. The summed E-state index contributed by atoms with van der Waals surface area (Å²) in [5, 5.41) is 3.23. The molecule has 252 valence electrons. The minimum absolute atomic E-state index is 0.216. The van der Waals surface area contributed by atoms with Gasteiger partial charge in [-0.1, -0.05) is 175 Å². The molecule has 2 amide bonds.